The van der Waals surface area contributed by atoms with Crippen LogP contribution >= 0.6 is 11.6 Å². The van der Waals surface area contributed by atoms with Gasteiger partial charge in [-0.1, -0.05) is 17.7 Å². The van der Waals surface area contributed by atoms with E-state index in [1.54, 1.807) is 0 Å². The third kappa shape index (κ3) is 4.38. The van der Waals surface area contributed by atoms with Crippen LogP contribution in [0.1, 0.15) is 29.4 Å². The first-order valence-electron chi connectivity index (χ1n) is 9.04. The van der Waals surface area contributed by atoms with Gasteiger partial charge in [0.25, 0.3) is 0 Å². The lowest BCUT2D eigenvalue weighted by Crippen LogP contribution is -2.52. The normalized spacial score (nSPS) is 16.4. The van der Waals surface area contributed by atoms with E-state index in [0.717, 1.165) is 18.9 Å². The van der Waals surface area contributed by atoms with Gasteiger partial charge in [0.15, 0.2) is 0 Å². The summed E-state index contributed by atoms with van der Waals surface area (Å²) in [5, 5.41) is 2.70. The van der Waals surface area contributed by atoms with Gasteiger partial charge in [-0.15, -0.1) is 0 Å². The number of urea groups is 1. The number of hydrogen-bond donors (Lipinski definition) is 2. The molecule has 0 saturated carbocycles. The molecule has 1 aliphatic rings. The van der Waals surface area contributed by atoms with Gasteiger partial charge < -0.3 is 24.7 Å². The number of aromatic nitrogens is 2. The summed E-state index contributed by atoms with van der Waals surface area (Å²) in [6.45, 7) is 0.222. The van der Waals surface area contributed by atoms with Crippen LogP contribution in [0.5, 0.6) is 0 Å². The van der Waals surface area contributed by atoms with Gasteiger partial charge in [0.05, 0.1) is 32.7 Å². The molecule has 0 unspecified atom stereocenters. The van der Waals surface area contributed by atoms with E-state index in [-0.39, 0.29) is 17.1 Å². The predicted molar refractivity (Wildman–Crippen MR) is 103 cm³/mol. The smallest absolute Gasteiger partial charge is 0.329 e. The summed E-state index contributed by atoms with van der Waals surface area (Å²) in [5.74, 6) is -2.10. The number of ether oxygens (including phenoxy) is 2. The van der Waals surface area contributed by atoms with E-state index >= 15 is 0 Å². The highest BCUT2D eigenvalue weighted by Crippen LogP contribution is 2.35. The molecule has 160 valence electrons. The van der Waals surface area contributed by atoms with Crippen LogP contribution in [0.4, 0.5) is 9.18 Å². The molecule has 3 rings (SSSR count). The van der Waals surface area contributed by atoms with E-state index in [1.165, 1.54) is 30.5 Å². The maximum Gasteiger partial charge on any atom is 0.329 e. The number of esters is 2. The molecule has 1 aromatic heterocycles. The third-order valence-corrected chi connectivity index (χ3v) is 5.06. The van der Waals surface area contributed by atoms with Crippen molar-refractivity contribution in [1.82, 2.24) is 20.2 Å². The SMILES string of the molecule is COC(=O)C[C@@H](NC(=O)N1CCc2[nH]cnc2[C@H]1c1ccc(Cl)cc1F)C(=O)OC. The van der Waals surface area contributed by atoms with Crippen LogP contribution in [0.25, 0.3) is 0 Å². The van der Waals surface area contributed by atoms with E-state index in [9.17, 15) is 18.8 Å². The monoisotopic (exact) mass is 438 g/mol. The van der Waals surface area contributed by atoms with Crippen molar-refractivity contribution in [3.05, 3.63) is 52.3 Å². The van der Waals surface area contributed by atoms with Crippen molar-refractivity contribution >= 4 is 29.6 Å². The molecule has 1 aromatic carbocycles. The first-order chi connectivity index (χ1) is 14.3. The van der Waals surface area contributed by atoms with E-state index in [2.05, 4.69) is 24.8 Å². The topological polar surface area (TPSA) is 114 Å². The number of nitrogens with one attached hydrogen (secondary N) is 2. The van der Waals surface area contributed by atoms with Crippen LogP contribution in [-0.4, -0.2) is 59.6 Å². The molecule has 2 atom stereocenters. The fraction of sp³-hybridized carbons (Fsp3) is 0.368. The quantitative estimate of drug-likeness (QED) is 0.690. The zero-order valence-corrected chi connectivity index (χ0v) is 17.0. The van der Waals surface area contributed by atoms with Crippen LogP contribution in [0, 0.1) is 5.82 Å². The molecule has 30 heavy (non-hydrogen) atoms. The summed E-state index contributed by atoms with van der Waals surface area (Å²) >= 11 is 5.87. The van der Waals surface area contributed by atoms with Crippen molar-refractivity contribution in [3.63, 3.8) is 0 Å². The Morgan fingerprint density at radius 3 is 2.80 bits per heavy atom. The van der Waals surface area contributed by atoms with E-state index < -0.39 is 42.3 Å². The van der Waals surface area contributed by atoms with Crippen molar-refractivity contribution in [2.45, 2.75) is 24.9 Å². The molecule has 0 saturated heterocycles. The Kier molecular flexibility index (Phi) is 6.56. The second kappa shape index (κ2) is 9.12. The lowest BCUT2D eigenvalue weighted by molar-refractivity contribution is -0.149. The minimum Gasteiger partial charge on any atom is -0.469 e. The third-order valence-electron chi connectivity index (χ3n) is 4.82. The van der Waals surface area contributed by atoms with Crippen LogP contribution < -0.4 is 5.32 Å². The van der Waals surface area contributed by atoms with Gasteiger partial charge in [-0.25, -0.2) is 19.0 Å². The van der Waals surface area contributed by atoms with Crippen molar-refractivity contribution in [3.8, 4) is 0 Å². The molecule has 0 aliphatic carbocycles. The first-order valence-corrected chi connectivity index (χ1v) is 9.42. The van der Waals surface area contributed by atoms with Gasteiger partial charge in [-0.2, -0.15) is 0 Å². The zero-order valence-electron chi connectivity index (χ0n) is 16.3. The lowest BCUT2D eigenvalue weighted by atomic mass is 9.95. The number of benzene rings is 1. The number of aromatic amines is 1. The summed E-state index contributed by atoms with van der Waals surface area (Å²) in [7, 11) is 2.31. The van der Waals surface area contributed by atoms with Crippen LogP contribution in [0.15, 0.2) is 24.5 Å². The molecule has 2 aromatic rings. The summed E-state index contributed by atoms with van der Waals surface area (Å²) < 4.78 is 23.9. The summed E-state index contributed by atoms with van der Waals surface area (Å²) in [4.78, 5) is 45.3. The van der Waals surface area contributed by atoms with Crippen LogP contribution in [0.3, 0.4) is 0 Å². The number of fused-ring (bicyclic) bond motifs is 1. The molecule has 2 N–H and O–H groups in total. The number of halogens is 2. The van der Waals surface area contributed by atoms with Crippen molar-refractivity contribution in [2.75, 3.05) is 20.8 Å². The van der Waals surface area contributed by atoms with Gasteiger partial charge in [0.2, 0.25) is 0 Å². The summed E-state index contributed by atoms with van der Waals surface area (Å²) in [6.07, 6.45) is 1.52. The summed E-state index contributed by atoms with van der Waals surface area (Å²) in [5.41, 5.74) is 1.46. The number of hydrogen-bond acceptors (Lipinski definition) is 6. The number of rotatable bonds is 5. The Bertz CT molecular complexity index is 966. The van der Waals surface area contributed by atoms with E-state index in [0.29, 0.717) is 12.1 Å². The molecule has 0 fully saturated rings. The number of H-pyrrole nitrogens is 1. The average molecular weight is 439 g/mol. The average Bonchev–Trinajstić information content (AvgIpc) is 3.21. The molecule has 11 heteroatoms. The molecule has 2 heterocycles. The highest BCUT2D eigenvalue weighted by Gasteiger charge is 2.37. The van der Waals surface area contributed by atoms with Gasteiger partial charge >= 0.3 is 18.0 Å². The molecule has 0 bridgehead atoms. The maximum absolute atomic E-state index is 14.7. The van der Waals surface area contributed by atoms with E-state index in [1.807, 2.05) is 0 Å². The number of carbonyl (C=O) groups is 3. The lowest BCUT2D eigenvalue weighted by Gasteiger charge is -2.36. The Balaban J connectivity index is 1.93. The molecule has 2 amide bonds. The molecular formula is C19H20ClFN4O5. The minimum absolute atomic E-state index is 0.199. The Morgan fingerprint density at radius 2 is 2.13 bits per heavy atom. The van der Waals surface area contributed by atoms with Gasteiger partial charge in [0, 0.05) is 29.2 Å². The molecule has 1 aliphatic heterocycles. The maximum atomic E-state index is 14.7. The number of methoxy groups -OCH3 is 2. The second-order valence-corrected chi connectivity index (χ2v) is 7.02. The van der Waals surface area contributed by atoms with Crippen molar-refractivity contribution in [1.29, 1.82) is 0 Å². The standard InChI is InChI=1S/C19H20ClFN4O5/c1-29-15(26)8-14(18(27)30-2)24-19(28)25-6-5-13-16(23-9-22-13)17(25)11-4-3-10(20)7-12(11)21/h3-4,7,9,14,17H,5-6,8H2,1-2H3,(H,22,23)(H,24,28)/t14-,17-/m1/s1. The predicted octanol–water partition coefficient (Wildman–Crippen LogP) is 1.96. The number of carbonyl (C=O) groups excluding carboxylic acids is 3. The summed E-state index contributed by atoms with van der Waals surface area (Å²) in [6, 6.07) is 1.37. The van der Waals surface area contributed by atoms with Crippen molar-refractivity contribution < 1.29 is 28.2 Å². The fourth-order valence-corrected chi connectivity index (χ4v) is 3.51. The Hall–Kier alpha value is -3.14. The number of amides is 2. The fourth-order valence-electron chi connectivity index (χ4n) is 3.35. The van der Waals surface area contributed by atoms with E-state index in [4.69, 9.17) is 11.6 Å². The molecule has 0 spiro atoms. The van der Waals surface area contributed by atoms with Gasteiger partial charge in [0.1, 0.15) is 17.9 Å². The van der Waals surface area contributed by atoms with Crippen LogP contribution in [-0.2, 0) is 25.5 Å². The number of nitrogens with zero attached hydrogens (tertiary/aromatic N) is 2. The van der Waals surface area contributed by atoms with Gasteiger partial charge in [-0.3, -0.25) is 4.79 Å². The molecule has 9 nitrogen and oxygen atoms in total. The second-order valence-electron chi connectivity index (χ2n) is 6.58. The molecule has 0 radical (unpaired) electrons. The molecular weight excluding hydrogens is 419 g/mol. The Morgan fingerprint density at radius 1 is 1.37 bits per heavy atom. The van der Waals surface area contributed by atoms with Crippen LogP contribution in [0.2, 0.25) is 5.02 Å². The van der Waals surface area contributed by atoms with Gasteiger partial charge in [-0.05, 0) is 12.1 Å². The number of imidazole rings is 1. The highest BCUT2D eigenvalue weighted by molar-refractivity contribution is 6.30. The minimum atomic E-state index is -1.26. The first kappa shape index (κ1) is 21.6. The Labute approximate surface area is 176 Å². The zero-order chi connectivity index (χ0) is 21.8. The van der Waals surface area contributed by atoms with Crippen molar-refractivity contribution in [2.24, 2.45) is 0 Å². The highest BCUT2D eigenvalue weighted by atomic mass is 35.5. The largest absolute Gasteiger partial charge is 0.469 e.